The minimum absolute atomic E-state index is 0.625. The normalized spacial score (nSPS) is 14.6. The van der Waals surface area contributed by atoms with Crippen LogP contribution in [0.4, 0.5) is 5.69 Å². The van der Waals surface area contributed by atoms with E-state index < -0.39 is 0 Å². The molecule has 1 aliphatic carbocycles. The van der Waals surface area contributed by atoms with Gasteiger partial charge in [0.25, 0.3) is 0 Å². The van der Waals surface area contributed by atoms with Crippen molar-refractivity contribution in [2.75, 3.05) is 4.90 Å². The van der Waals surface area contributed by atoms with Gasteiger partial charge in [0, 0.05) is 23.2 Å². The summed E-state index contributed by atoms with van der Waals surface area (Å²) in [5.74, 6) is 0. The zero-order valence-electron chi connectivity index (χ0n) is 11.3. The van der Waals surface area contributed by atoms with Gasteiger partial charge in [0.2, 0.25) is 0 Å². The van der Waals surface area contributed by atoms with Gasteiger partial charge in [0.1, 0.15) is 0 Å². The van der Waals surface area contributed by atoms with Gasteiger partial charge in [-0.25, -0.2) is 0 Å². The molecule has 0 saturated heterocycles. The fraction of sp³-hybridized carbons (Fsp3) is 0.375. The van der Waals surface area contributed by atoms with Gasteiger partial charge in [-0.1, -0.05) is 12.1 Å². The van der Waals surface area contributed by atoms with Gasteiger partial charge < -0.3 is 10.6 Å². The SMILES string of the molecule is Cc1cc(N(Cc2cccs2)C2CC2)ccc1CN. The average Bonchev–Trinajstić information content (AvgIpc) is 3.13. The molecule has 3 rings (SSSR count). The summed E-state index contributed by atoms with van der Waals surface area (Å²) >= 11 is 1.84. The maximum Gasteiger partial charge on any atom is 0.0525 e. The molecule has 0 unspecified atom stereocenters. The van der Waals surface area contributed by atoms with Crippen LogP contribution in [0, 0.1) is 6.92 Å². The van der Waals surface area contributed by atoms with Gasteiger partial charge >= 0.3 is 0 Å². The summed E-state index contributed by atoms with van der Waals surface area (Å²) in [7, 11) is 0. The number of hydrogen-bond acceptors (Lipinski definition) is 3. The standard InChI is InChI=1S/C16H20N2S/c1-12-9-15(5-4-13(12)10-17)18(14-6-7-14)11-16-3-2-8-19-16/h2-5,8-9,14H,6-7,10-11,17H2,1H3. The molecule has 2 nitrogen and oxygen atoms in total. The zero-order chi connectivity index (χ0) is 13.2. The van der Waals surface area contributed by atoms with Crippen molar-refractivity contribution in [3.8, 4) is 0 Å². The van der Waals surface area contributed by atoms with E-state index in [4.69, 9.17) is 5.73 Å². The largest absolute Gasteiger partial charge is 0.363 e. The van der Waals surface area contributed by atoms with Crippen LogP contribution in [0.15, 0.2) is 35.7 Å². The van der Waals surface area contributed by atoms with Gasteiger partial charge in [-0.05, 0) is 54.5 Å². The fourth-order valence-corrected chi connectivity index (χ4v) is 3.18. The summed E-state index contributed by atoms with van der Waals surface area (Å²) in [6, 6.07) is 11.8. The molecule has 0 bridgehead atoms. The Morgan fingerprint density at radius 1 is 1.32 bits per heavy atom. The molecule has 2 N–H and O–H groups in total. The molecule has 0 amide bonds. The molecular weight excluding hydrogens is 252 g/mol. The Balaban J connectivity index is 1.85. The van der Waals surface area contributed by atoms with Crippen molar-refractivity contribution in [2.45, 2.75) is 38.9 Å². The second kappa shape index (κ2) is 5.35. The summed E-state index contributed by atoms with van der Waals surface area (Å²) in [5, 5.41) is 2.16. The predicted molar refractivity (Wildman–Crippen MR) is 82.6 cm³/mol. The Morgan fingerprint density at radius 3 is 2.74 bits per heavy atom. The second-order valence-corrected chi connectivity index (χ2v) is 6.29. The number of aryl methyl sites for hydroxylation is 1. The van der Waals surface area contributed by atoms with Crippen molar-refractivity contribution >= 4 is 17.0 Å². The van der Waals surface area contributed by atoms with Gasteiger partial charge in [-0.15, -0.1) is 11.3 Å². The first-order valence-electron chi connectivity index (χ1n) is 6.86. The Kier molecular flexibility index (Phi) is 3.58. The number of benzene rings is 1. The number of rotatable bonds is 5. The topological polar surface area (TPSA) is 29.3 Å². The quantitative estimate of drug-likeness (QED) is 0.899. The van der Waals surface area contributed by atoms with E-state index in [0.29, 0.717) is 6.54 Å². The monoisotopic (exact) mass is 272 g/mol. The van der Waals surface area contributed by atoms with Gasteiger partial charge in [0.05, 0.1) is 6.54 Å². The van der Waals surface area contributed by atoms with Crippen LogP contribution in [0.3, 0.4) is 0 Å². The summed E-state index contributed by atoms with van der Waals surface area (Å²) in [4.78, 5) is 3.98. The average molecular weight is 272 g/mol. The molecule has 1 aromatic carbocycles. The maximum absolute atomic E-state index is 5.75. The molecule has 1 fully saturated rings. The lowest BCUT2D eigenvalue weighted by atomic mass is 10.1. The van der Waals surface area contributed by atoms with E-state index in [0.717, 1.165) is 12.6 Å². The van der Waals surface area contributed by atoms with Gasteiger partial charge in [-0.2, -0.15) is 0 Å². The Morgan fingerprint density at radius 2 is 2.16 bits per heavy atom. The lowest BCUT2D eigenvalue weighted by Gasteiger charge is -2.25. The third-order valence-electron chi connectivity index (χ3n) is 3.77. The third-order valence-corrected chi connectivity index (χ3v) is 4.63. The lowest BCUT2D eigenvalue weighted by molar-refractivity contribution is 0.802. The van der Waals surface area contributed by atoms with Crippen LogP contribution in [0.2, 0.25) is 0 Å². The summed E-state index contributed by atoms with van der Waals surface area (Å²) in [5.41, 5.74) is 9.63. The molecule has 1 aromatic heterocycles. The van der Waals surface area contributed by atoms with Crippen molar-refractivity contribution in [3.05, 3.63) is 51.7 Å². The van der Waals surface area contributed by atoms with Crippen molar-refractivity contribution in [1.82, 2.24) is 0 Å². The van der Waals surface area contributed by atoms with Crippen LogP contribution in [0.1, 0.15) is 28.8 Å². The first-order valence-corrected chi connectivity index (χ1v) is 7.74. The molecule has 19 heavy (non-hydrogen) atoms. The van der Waals surface area contributed by atoms with Crippen molar-refractivity contribution in [2.24, 2.45) is 5.73 Å². The van der Waals surface area contributed by atoms with Crippen LogP contribution in [-0.2, 0) is 13.1 Å². The molecule has 1 aliphatic rings. The van der Waals surface area contributed by atoms with Crippen LogP contribution < -0.4 is 10.6 Å². The smallest absolute Gasteiger partial charge is 0.0525 e. The second-order valence-electron chi connectivity index (χ2n) is 5.25. The van der Waals surface area contributed by atoms with E-state index in [2.05, 4.69) is 47.5 Å². The molecule has 3 heteroatoms. The van der Waals surface area contributed by atoms with Crippen molar-refractivity contribution < 1.29 is 0 Å². The fourth-order valence-electron chi connectivity index (χ4n) is 2.48. The van der Waals surface area contributed by atoms with E-state index in [1.54, 1.807) is 0 Å². The summed E-state index contributed by atoms with van der Waals surface area (Å²) in [6.45, 7) is 3.81. The molecule has 0 spiro atoms. The van der Waals surface area contributed by atoms with E-state index >= 15 is 0 Å². The molecule has 100 valence electrons. The predicted octanol–water partition coefficient (Wildman–Crippen LogP) is 3.68. The van der Waals surface area contributed by atoms with Crippen LogP contribution in [0.25, 0.3) is 0 Å². The molecule has 0 aliphatic heterocycles. The van der Waals surface area contributed by atoms with E-state index in [1.807, 2.05) is 11.3 Å². The lowest BCUT2D eigenvalue weighted by Crippen LogP contribution is -2.24. The maximum atomic E-state index is 5.75. The van der Waals surface area contributed by atoms with Crippen LogP contribution in [0.5, 0.6) is 0 Å². The number of nitrogens with zero attached hydrogens (tertiary/aromatic N) is 1. The minimum Gasteiger partial charge on any atom is -0.363 e. The summed E-state index contributed by atoms with van der Waals surface area (Å²) in [6.07, 6.45) is 2.64. The highest BCUT2D eigenvalue weighted by atomic mass is 32.1. The summed E-state index contributed by atoms with van der Waals surface area (Å²) < 4.78 is 0. The van der Waals surface area contributed by atoms with Gasteiger partial charge in [-0.3, -0.25) is 0 Å². The highest BCUT2D eigenvalue weighted by Crippen LogP contribution is 2.34. The highest BCUT2D eigenvalue weighted by Gasteiger charge is 2.29. The number of hydrogen-bond donors (Lipinski definition) is 1. The third kappa shape index (κ3) is 2.82. The zero-order valence-corrected chi connectivity index (χ0v) is 12.1. The van der Waals surface area contributed by atoms with E-state index in [9.17, 15) is 0 Å². The van der Waals surface area contributed by atoms with Crippen LogP contribution in [-0.4, -0.2) is 6.04 Å². The van der Waals surface area contributed by atoms with E-state index in [1.165, 1.54) is 34.5 Å². The van der Waals surface area contributed by atoms with Crippen LogP contribution >= 0.6 is 11.3 Å². The van der Waals surface area contributed by atoms with Crippen molar-refractivity contribution in [3.63, 3.8) is 0 Å². The Hall–Kier alpha value is -1.32. The number of nitrogens with two attached hydrogens (primary N) is 1. The Bertz CT molecular complexity index is 544. The van der Waals surface area contributed by atoms with Gasteiger partial charge in [0.15, 0.2) is 0 Å². The number of anilines is 1. The highest BCUT2D eigenvalue weighted by molar-refractivity contribution is 7.09. The molecule has 0 atom stereocenters. The molecule has 1 heterocycles. The molecular formula is C16H20N2S. The van der Waals surface area contributed by atoms with E-state index in [-0.39, 0.29) is 0 Å². The molecule has 0 radical (unpaired) electrons. The molecule has 1 saturated carbocycles. The van der Waals surface area contributed by atoms with Crippen molar-refractivity contribution in [1.29, 1.82) is 0 Å². The Labute approximate surface area is 118 Å². The molecule has 2 aromatic rings. The minimum atomic E-state index is 0.625. The number of thiophene rings is 1. The first kappa shape index (κ1) is 12.7. The first-order chi connectivity index (χ1) is 9.28.